The van der Waals surface area contributed by atoms with Crippen molar-refractivity contribution < 1.29 is 9.72 Å². The Morgan fingerprint density at radius 1 is 1.47 bits per heavy atom. The van der Waals surface area contributed by atoms with Crippen molar-refractivity contribution in [3.8, 4) is 0 Å². The second-order valence-electron chi connectivity index (χ2n) is 3.26. The molecule has 0 N–H and O–H groups in total. The fourth-order valence-electron chi connectivity index (χ4n) is 1.12. The molecular formula is C9H11N3O3. The van der Waals surface area contributed by atoms with Gasteiger partial charge >= 0.3 is 5.82 Å². The molecule has 0 aliphatic heterocycles. The molecule has 1 aromatic heterocycles. The third kappa shape index (κ3) is 2.28. The van der Waals surface area contributed by atoms with Gasteiger partial charge in [-0.05, 0) is 16.0 Å². The van der Waals surface area contributed by atoms with Crippen molar-refractivity contribution in [3.63, 3.8) is 0 Å². The minimum atomic E-state index is -0.586. The Labute approximate surface area is 86.7 Å². The Morgan fingerprint density at radius 2 is 2.07 bits per heavy atom. The van der Waals surface area contributed by atoms with Crippen LogP contribution in [0.2, 0.25) is 0 Å². The lowest BCUT2D eigenvalue weighted by Gasteiger charge is -2.09. The topological polar surface area (TPSA) is 76.3 Å². The summed E-state index contributed by atoms with van der Waals surface area (Å²) >= 11 is 0. The van der Waals surface area contributed by atoms with E-state index in [9.17, 15) is 14.9 Å². The smallest absolute Gasteiger partial charge is 0.358 e. The van der Waals surface area contributed by atoms with Crippen LogP contribution >= 0.6 is 0 Å². The first kappa shape index (κ1) is 11.1. The molecule has 0 unspecified atom stereocenters. The number of amides is 1. The molecule has 0 saturated carbocycles. The Balaban J connectivity index is 3.14. The summed E-state index contributed by atoms with van der Waals surface area (Å²) in [6.07, 6.45) is 0. The van der Waals surface area contributed by atoms with E-state index in [1.165, 1.54) is 17.0 Å². The minimum absolute atomic E-state index is 0.213. The van der Waals surface area contributed by atoms with Gasteiger partial charge in [0.2, 0.25) is 0 Å². The summed E-state index contributed by atoms with van der Waals surface area (Å²) in [5.74, 6) is -0.460. The van der Waals surface area contributed by atoms with Crippen LogP contribution in [0, 0.1) is 17.0 Å². The highest BCUT2D eigenvalue weighted by atomic mass is 16.6. The van der Waals surface area contributed by atoms with E-state index < -0.39 is 4.92 Å². The highest BCUT2D eigenvalue weighted by molar-refractivity contribution is 5.94. The highest BCUT2D eigenvalue weighted by Gasteiger charge is 2.17. The van der Waals surface area contributed by atoms with Crippen molar-refractivity contribution in [3.05, 3.63) is 33.5 Å². The largest absolute Gasteiger partial charge is 0.363 e. The quantitative estimate of drug-likeness (QED) is 0.537. The van der Waals surface area contributed by atoms with Gasteiger partial charge in [0.05, 0.1) is 5.56 Å². The molecule has 6 heteroatoms. The average molecular weight is 209 g/mol. The molecule has 1 rings (SSSR count). The second kappa shape index (κ2) is 4.04. The van der Waals surface area contributed by atoms with Gasteiger partial charge in [-0.3, -0.25) is 4.79 Å². The molecule has 15 heavy (non-hydrogen) atoms. The predicted octanol–water partition coefficient (Wildman–Crippen LogP) is 1.00. The van der Waals surface area contributed by atoms with Gasteiger partial charge in [-0.15, -0.1) is 0 Å². The number of carbonyl (C=O) groups is 1. The zero-order valence-corrected chi connectivity index (χ0v) is 8.72. The fourth-order valence-corrected chi connectivity index (χ4v) is 1.12. The summed E-state index contributed by atoms with van der Waals surface area (Å²) in [5, 5.41) is 10.4. The first-order valence-electron chi connectivity index (χ1n) is 4.27. The summed E-state index contributed by atoms with van der Waals surface area (Å²) in [7, 11) is 3.23. The third-order valence-electron chi connectivity index (χ3n) is 1.89. The van der Waals surface area contributed by atoms with E-state index in [2.05, 4.69) is 4.98 Å². The average Bonchev–Trinajstić information content (AvgIpc) is 2.16. The van der Waals surface area contributed by atoms with E-state index in [-0.39, 0.29) is 11.7 Å². The lowest BCUT2D eigenvalue weighted by atomic mass is 10.2. The number of aromatic nitrogens is 1. The van der Waals surface area contributed by atoms with Crippen molar-refractivity contribution in [2.24, 2.45) is 0 Å². The number of aryl methyl sites for hydroxylation is 1. The Kier molecular flexibility index (Phi) is 2.99. The van der Waals surface area contributed by atoms with Crippen LogP contribution in [0.25, 0.3) is 0 Å². The number of rotatable bonds is 2. The number of hydrogen-bond acceptors (Lipinski definition) is 4. The molecule has 0 spiro atoms. The van der Waals surface area contributed by atoms with Gasteiger partial charge in [0, 0.05) is 27.1 Å². The van der Waals surface area contributed by atoms with Crippen molar-refractivity contribution in [2.75, 3.05) is 14.1 Å². The summed E-state index contributed by atoms with van der Waals surface area (Å²) < 4.78 is 0. The molecule has 6 nitrogen and oxygen atoms in total. The summed E-state index contributed by atoms with van der Waals surface area (Å²) in [4.78, 5) is 26.5. The van der Waals surface area contributed by atoms with E-state index in [4.69, 9.17) is 0 Å². The van der Waals surface area contributed by atoms with Crippen molar-refractivity contribution in [1.29, 1.82) is 0 Å². The molecule has 0 fully saturated rings. The molecule has 1 heterocycles. The van der Waals surface area contributed by atoms with Crippen LogP contribution in [0.15, 0.2) is 12.1 Å². The highest BCUT2D eigenvalue weighted by Crippen LogP contribution is 2.13. The molecule has 0 aromatic carbocycles. The maximum atomic E-state index is 11.6. The zero-order valence-electron chi connectivity index (χ0n) is 8.72. The monoisotopic (exact) mass is 209 g/mol. The maximum absolute atomic E-state index is 11.6. The van der Waals surface area contributed by atoms with Crippen molar-refractivity contribution in [2.45, 2.75) is 6.92 Å². The Bertz CT molecular complexity index is 415. The number of nitro groups is 1. The van der Waals surface area contributed by atoms with Gasteiger partial charge in [0.15, 0.2) is 5.69 Å². The van der Waals surface area contributed by atoms with E-state index in [1.54, 1.807) is 21.0 Å². The van der Waals surface area contributed by atoms with Crippen LogP contribution in [0.4, 0.5) is 5.82 Å². The molecule has 0 saturated heterocycles. The van der Waals surface area contributed by atoms with Crippen LogP contribution in [-0.4, -0.2) is 34.8 Å². The van der Waals surface area contributed by atoms with E-state index in [1.807, 2.05) is 0 Å². The van der Waals surface area contributed by atoms with E-state index in [0.29, 0.717) is 11.3 Å². The van der Waals surface area contributed by atoms with Crippen LogP contribution in [0.3, 0.4) is 0 Å². The number of nitrogens with zero attached hydrogens (tertiary/aromatic N) is 3. The molecule has 80 valence electrons. The molecule has 0 atom stereocenters. The molecule has 1 aromatic rings. The van der Waals surface area contributed by atoms with Crippen LogP contribution in [0.5, 0.6) is 0 Å². The van der Waals surface area contributed by atoms with Crippen LogP contribution in [0.1, 0.15) is 16.1 Å². The number of pyridine rings is 1. The third-order valence-corrected chi connectivity index (χ3v) is 1.89. The van der Waals surface area contributed by atoms with E-state index in [0.717, 1.165) is 0 Å². The predicted molar refractivity (Wildman–Crippen MR) is 53.6 cm³/mol. The number of carbonyl (C=O) groups excluding carboxylic acids is 1. The maximum Gasteiger partial charge on any atom is 0.363 e. The molecule has 0 radical (unpaired) electrons. The van der Waals surface area contributed by atoms with Crippen LogP contribution in [-0.2, 0) is 0 Å². The van der Waals surface area contributed by atoms with Crippen molar-refractivity contribution >= 4 is 11.7 Å². The summed E-state index contributed by atoms with van der Waals surface area (Å²) in [5.41, 5.74) is 0.744. The van der Waals surface area contributed by atoms with Gasteiger partial charge in [-0.2, -0.15) is 0 Å². The van der Waals surface area contributed by atoms with Crippen molar-refractivity contribution in [1.82, 2.24) is 9.88 Å². The first-order chi connectivity index (χ1) is 6.93. The minimum Gasteiger partial charge on any atom is -0.358 e. The molecule has 0 aliphatic rings. The summed E-state index contributed by atoms with van der Waals surface area (Å²) in [6, 6.07) is 2.65. The van der Waals surface area contributed by atoms with Gasteiger partial charge < -0.3 is 15.0 Å². The molecular weight excluding hydrogens is 198 g/mol. The van der Waals surface area contributed by atoms with E-state index >= 15 is 0 Å². The van der Waals surface area contributed by atoms with Gasteiger partial charge in [-0.25, -0.2) is 0 Å². The summed E-state index contributed by atoms with van der Waals surface area (Å²) in [6.45, 7) is 1.57. The zero-order chi connectivity index (χ0) is 11.6. The van der Waals surface area contributed by atoms with Gasteiger partial charge in [0.25, 0.3) is 5.91 Å². The van der Waals surface area contributed by atoms with Gasteiger partial charge in [0.1, 0.15) is 0 Å². The second-order valence-corrected chi connectivity index (χ2v) is 3.26. The molecule has 1 amide bonds. The Morgan fingerprint density at radius 3 is 2.47 bits per heavy atom. The standard InChI is InChI=1S/C9H11N3O3/c1-6-7(9(13)11(2)3)4-5-8(10-6)12(14)15/h4-5H,1-3H3. The number of hydrogen-bond donors (Lipinski definition) is 0. The Hall–Kier alpha value is -1.98. The molecule has 0 aliphatic carbocycles. The normalized spacial score (nSPS) is 9.80. The SMILES string of the molecule is Cc1nc([N+](=O)[O-])ccc1C(=O)N(C)C. The lowest BCUT2D eigenvalue weighted by molar-refractivity contribution is -0.389. The van der Waals surface area contributed by atoms with Gasteiger partial charge in [-0.1, -0.05) is 0 Å². The first-order valence-corrected chi connectivity index (χ1v) is 4.27. The van der Waals surface area contributed by atoms with Crippen LogP contribution < -0.4 is 0 Å². The lowest BCUT2D eigenvalue weighted by Crippen LogP contribution is -2.23. The fraction of sp³-hybridized carbons (Fsp3) is 0.333. The molecule has 0 bridgehead atoms.